The lowest BCUT2D eigenvalue weighted by Gasteiger charge is -2.27. The van der Waals surface area contributed by atoms with Crippen molar-refractivity contribution in [3.05, 3.63) is 218 Å². The Hall–Kier alpha value is -6.18. The maximum absolute atomic E-state index is 2.36. The Morgan fingerprint density at radius 2 is 0.788 bits per heavy atom. The smallest absolute Gasteiger partial charge is 0.0461 e. The highest BCUT2D eigenvalue weighted by atomic mass is 15.1. The molecule has 0 amide bonds. The molecule has 0 radical (unpaired) electrons. The van der Waals surface area contributed by atoms with Crippen LogP contribution in [-0.2, 0) is 6.42 Å². The lowest BCUT2D eigenvalue weighted by Crippen LogP contribution is -2.15. The highest BCUT2D eigenvalue weighted by Crippen LogP contribution is 2.34. The first-order valence-electron chi connectivity index (χ1n) is 18.5. The summed E-state index contributed by atoms with van der Waals surface area (Å²) in [6, 6.07) is 67.3. The molecule has 0 saturated carbocycles. The Morgan fingerprint density at radius 3 is 1.25 bits per heavy atom. The van der Waals surface area contributed by atoms with Crippen molar-refractivity contribution >= 4 is 11.4 Å². The van der Waals surface area contributed by atoms with E-state index in [2.05, 4.69) is 218 Å². The van der Waals surface area contributed by atoms with Crippen LogP contribution in [-0.4, -0.2) is 0 Å². The van der Waals surface area contributed by atoms with Crippen LogP contribution >= 0.6 is 0 Å². The minimum Gasteiger partial charge on any atom is -0.311 e. The first kappa shape index (κ1) is 35.6. The van der Waals surface area contributed by atoms with Gasteiger partial charge in [0.2, 0.25) is 0 Å². The van der Waals surface area contributed by atoms with Crippen LogP contribution in [0.15, 0.2) is 212 Å². The molecule has 7 aromatic carbocycles. The van der Waals surface area contributed by atoms with Gasteiger partial charge in [0.25, 0.3) is 0 Å². The normalized spacial score (nSPS) is 11.2. The summed E-state index contributed by atoms with van der Waals surface area (Å²) in [5.41, 5.74) is 14.5. The number of hydrogen-bond donors (Lipinski definition) is 0. The molecule has 0 atom stereocenters. The lowest BCUT2D eigenvalue weighted by atomic mass is 9.94. The molecule has 0 heterocycles. The maximum atomic E-state index is 2.36. The summed E-state index contributed by atoms with van der Waals surface area (Å²) >= 11 is 0. The van der Waals surface area contributed by atoms with E-state index in [1.165, 1.54) is 50.1 Å². The van der Waals surface area contributed by atoms with Gasteiger partial charge >= 0.3 is 0 Å². The summed E-state index contributed by atoms with van der Waals surface area (Å²) in [7, 11) is 0. The van der Waals surface area contributed by atoms with Crippen LogP contribution in [0.25, 0.3) is 44.5 Å². The molecule has 0 unspecified atom stereocenters. The van der Waals surface area contributed by atoms with E-state index in [-0.39, 0.29) is 0 Å². The zero-order valence-corrected chi connectivity index (χ0v) is 30.5. The predicted molar refractivity (Wildman–Crippen MR) is 226 cm³/mol. The fourth-order valence-corrected chi connectivity index (χ4v) is 6.48. The van der Waals surface area contributed by atoms with E-state index in [0.29, 0.717) is 0 Å². The first-order valence-corrected chi connectivity index (χ1v) is 18.5. The second-order valence-corrected chi connectivity index (χ2v) is 12.5. The van der Waals surface area contributed by atoms with Crippen LogP contribution in [0.5, 0.6) is 0 Å². The molecule has 7 rings (SSSR count). The predicted octanol–water partition coefficient (Wildman–Crippen LogP) is 14.6. The molecular formula is C51H47N. The van der Waals surface area contributed by atoms with Gasteiger partial charge in [-0.1, -0.05) is 191 Å². The minimum atomic E-state index is 0.812. The van der Waals surface area contributed by atoms with Gasteiger partial charge < -0.3 is 4.90 Å². The van der Waals surface area contributed by atoms with Gasteiger partial charge in [0.05, 0.1) is 0 Å². The summed E-state index contributed by atoms with van der Waals surface area (Å²) in [5, 5.41) is 0. The summed E-state index contributed by atoms with van der Waals surface area (Å²) < 4.78 is 0. The molecule has 0 aliphatic carbocycles. The SMILES string of the molecule is CC.CC/C=C(\C=C/Cc1cc(-c2ccccc2)cc(-c2ccc(-c3ccccc3)cc2)c1)N(c1ccccc1)c1ccc(-c2ccccc2)cc1. The topological polar surface area (TPSA) is 3.24 Å². The average Bonchev–Trinajstić information content (AvgIpc) is 3.23. The van der Waals surface area contributed by atoms with Crippen molar-refractivity contribution in [2.45, 2.75) is 33.6 Å². The molecule has 0 aliphatic rings. The Bertz CT molecular complexity index is 2160. The lowest BCUT2D eigenvalue weighted by molar-refractivity contribution is 1.13. The van der Waals surface area contributed by atoms with Crippen molar-refractivity contribution < 1.29 is 0 Å². The number of hydrogen-bond acceptors (Lipinski definition) is 1. The summed E-state index contributed by atoms with van der Waals surface area (Å²) in [4.78, 5) is 2.36. The molecule has 0 N–H and O–H groups in total. The van der Waals surface area contributed by atoms with Crippen LogP contribution in [0, 0.1) is 0 Å². The molecule has 0 aliphatic heterocycles. The Labute approximate surface area is 310 Å². The standard InChI is InChI=1S/C49H41N.C2H6/c1-2-16-47(50(48-24-13-6-14-25-48)49-33-31-43(32-34-49)40-20-9-4-10-21-40)26-15-17-38-35-45(41-22-11-5-12-23-41)37-46(36-38)44-29-27-42(28-30-44)39-18-7-3-8-19-39;1-2/h3-16,18-37H,2,17H2,1H3;1-2H3/b26-15-,47-16+;. The van der Waals surface area contributed by atoms with Crippen molar-refractivity contribution in [3.8, 4) is 44.5 Å². The van der Waals surface area contributed by atoms with Gasteiger partial charge in [-0.05, 0) is 99.3 Å². The molecule has 0 aromatic heterocycles. The van der Waals surface area contributed by atoms with Crippen LogP contribution < -0.4 is 4.90 Å². The zero-order valence-electron chi connectivity index (χ0n) is 30.5. The largest absolute Gasteiger partial charge is 0.311 e. The van der Waals surface area contributed by atoms with Gasteiger partial charge in [0.1, 0.15) is 0 Å². The number of anilines is 2. The number of allylic oxidation sites excluding steroid dienone is 3. The van der Waals surface area contributed by atoms with Crippen molar-refractivity contribution in [2.24, 2.45) is 0 Å². The van der Waals surface area contributed by atoms with Crippen LogP contribution in [0.1, 0.15) is 32.8 Å². The molecule has 0 fully saturated rings. The number of benzene rings is 7. The van der Waals surface area contributed by atoms with Gasteiger partial charge in [0, 0.05) is 17.1 Å². The van der Waals surface area contributed by atoms with Crippen LogP contribution in [0.2, 0.25) is 0 Å². The summed E-state index contributed by atoms with van der Waals surface area (Å²) in [6.07, 6.45) is 8.64. The van der Waals surface area contributed by atoms with Crippen LogP contribution in [0.4, 0.5) is 11.4 Å². The second kappa shape index (κ2) is 18.2. The highest BCUT2D eigenvalue weighted by Gasteiger charge is 2.13. The zero-order chi connectivity index (χ0) is 36.0. The van der Waals surface area contributed by atoms with E-state index >= 15 is 0 Å². The second-order valence-electron chi connectivity index (χ2n) is 12.5. The first-order chi connectivity index (χ1) is 25.7. The molecule has 256 valence electrons. The van der Waals surface area contributed by atoms with Gasteiger partial charge in [-0.3, -0.25) is 0 Å². The molecular weight excluding hydrogens is 627 g/mol. The maximum Gasteiger partial charge on any atom is 0.0461 e. The third-order valence-corrected chi connectivity index (χ3v) is 8.99. The molecule has 1 nitrogen and oxygen atoms in total. The van der Waals surface area contributed by atoms with E-state index in [4.69, 9.17) is 0 Å². The molecule has 0 spiro atoms. The van der Waals surface area contributed by atoms with Gasteiger partial charge in [-0.25, -0.2) is 0 Å². The van der Waals surface area contributed by atoms with Crippen molar-refractivity contribution in [3.63, 3.8) is 0 Å². The molecule has 0 bridgehead atoms. The number of rotatable bonds is 11. The van der Waals surface area contributed by atoms with E-state index < -0.39 is 0 Å². The fourth-order valence-electron chi connectivity index (χ4n) is 6.48. The molecule has 1 heteroatoms. The van der Waals surface area contributed by atoms with Crippen molar-refractivity contribution in [1.82, 2.24) is 0 Å². The van der Waals surface area contributed by atoms with E-state index in [1.807, 2.05) is 13.8 Å². The fraction of sp³-hybridized carbons (Fsp3) is 0.0980. The van der Waals surface area contributed by atoms with Crippen molar-refractivity contribution in [1.29, 1.82) is 0 Å². The average molecular weight is 674 g/mol. The number of para-hydroxylation sites is 1. The summed E-state index contributed by atoms with van der Waals surface area (Å²) in [5.74, 6) is 0. The molecule has 7 aromatic rings. The van der Waals surface area contributed by atoms with Gasteiger partial charge in [-0.15, -0.1) is 0 Å². The van der Waals surface area contributed by atoms with E-state index in [0.717, 1.165) is 29.9 Å². The van der Waals surface area contributed by atoms with Crippen LogP contribution in [0.3, 0.4) is 0 Å². The van der Waals surface area contributed by atoms with Gasteiger partial charge in [-0.2, -0.15) is 0 Å². The summed E-state index contributed by atoms with van der Waals surface area (Å²) in [6.45, 7) is 6.20. The highest BCUT2D eigenvalue weighted by molar-refractivity contribution is 5.77. The molecule has 0 saturated heterocycles. The quantitative estimate of drug-likeness (QED) is 0.124. The Balaban J connectivity index is 0.00000228. The monoisotopic (exact) mass is 673 g/mol. The number of nitrogens with zero attached hydrogens (tertiary/aromatic N) is 1. The van der Waals surface area contributed by atoms with E-state index in [1.54, 1.807) is 0 Å². The Morgan fingerprint density at radius 1 is 0.423 bits per heavy atom. The van der Waals surface area contributed by atoms with Crippen molar-refractivity contribution in [2.75, 3.05) is 4.90 Å². The molecule has 52 heavy (non-hydrogen) atoms. The minimum absolute atomic E-state index is 0.812. The third-order valence-electron chi connectivity index (χ3n) is 8.99. The van der Waals surface area contributed by atoms with E-state index in [9.17, 15) is 0 Å². The Kier molecular flexibility index (Phi) is 12.5. The van der Waals surface area contributed by atoms with Gasteiger partial charge in [0.15, 0.2) is 0 Å². The third kappa shape index (κ3) is 8.94.